The van der Waals surface area contributed by atoms with E-state index in [2.05, 4.69) is 63.7 Å². The van der Waals surface area contributed by atoms with Gasteiger partial charge < -0.3 is 9.59 Å². The maximum Gasteiger partial charge on any atom is 0.136 e. The lowest BCUT2D eigenvalue weighted by atomic mass is 9.55. The average molecular weight is 702 g/mol. The molecule has 6 heteroatoms. The molecule has 0 saturated carbocycles. The van der Waals surface area contributed by atoms with Crippen molar-refractivity contribution in [3.8, 4) is 22.3 Å². The van der Waals surface area contributed by atoms with E-state index in [0.29, 0.717) is 0 Å². The summed E-state index contributed by atoms with van der Waals surface area (Å²) in [6.45, 7) is 0. The van der Waals surface area contributed by atoms with Crippen molar-refractivity contribution in [1.29, 1.82) is 0 Å². The van der Waals surface area contributed by atoms with Crippen LogP contribution in [0, 0.1) is 0 Å². The fraction of sp³-hybridized carbons (Fsp3) is 0.0714. The topological polar surface area (TPSA) is 34.1 Å². The molecule has 0 atom stereocenters. The highest BCUT2D eigenvalue weighted by atomic mass is 79.9. The smallest absolute Gasteiger partial charge is 0.136 e. The molecule has 0 aromatic heterocycles. The Labute approximate surface area is 230 Å². The van der Waals surface area contributed by atoms with Crippen LogP contribution in [-0.2, 0) is 20.4 Å². The molecule has 0 aliphatic heterocycles. The van der Waals surface area contributed by atoms with Gasteiger partial charge in [-0.05, 0) is 93.0 Å². The molecule has 0 saturated heterocycles. The second-order valence-corrected chi connectivity index (χ2v) is 12.3. The first kappa shape index (κ1) is 22.6. The molecule has 0 N–H and O–H groups in total. The number of halogens is 4. The van der Waals surface area contributed by atoms with E-state index in [1.165, 1.54) is 0 Å². The van der Waals surface area contributed by atoms with E-state index in [9.17, 15) is 9.59 Å². The van der Waals surface area contributed by atoms with Crippen LogP contribution in [0.3, 0.4) is 0 Å². The van der Waals surface area contributed by atoms with Crippen LogP contribution in [-0.4, -0.2) is 12.6 Å². The first-order chi connectivity index (χ1) is 16.4. The molecule has 0 heterocycles. The molecule has 2 aliphatic rings. The average Bonchev–Trinajstić information content (AvgIpc) is 3.25. The van der Waals surface area contributed by atoms with Crippen LogP contribution in [0.2, 0.25) is 0 Å². The van der Waals surface area contributed by atoms with Gasteiger partial charge in [0.05, 0.1) is 10.8 Å². The van der Waals surface area contributed by atoms with Crippen LogP contribution in [0.4, 0.5) is 0 Å². The normalized spacial score (nSPS) is 15.8. The lowest BCUT2D eigenvalue weighted by molar-refractivity contribution is -0.119. The molecule has 0 spiro atoms. The third-order valence-electron chi connectivity index (χ3n) is 7.18. The number of fused-ring (bicyclic) bond motifs is 6. The Morgan fingerprint density at radius 3 is 0.882 bits per heavy atom. The summed E-state index contributed by atoms with van der Waals surface area (Å²) >= 11 is 14.4. The lowest BCUT2D eigenvalue weighted by Crippen LogP contribution is -2.51. The zero-order chi connectivity index (χ0) is 23.8. The van der Waals surface area contributed by atoms with E-state index >= 15 is 0 Å². The summed E-state index contributed by atoms with van der Waals surface area (Å²) < 4.78 is 3.42. The summed E-state index contributed by atoms with van der Waals surface area (Å²) in [5.74, 6) is 0. The molecule has 0 unspecified atom stereocenters. The van der Waals surface area contributed by atoms with Gasteiger partial charge in [0.25, 0.3) is 0 Å². The third-order valence-corrected chi connectivity index (χ3v) is 9.15. The van der Waals surface area contributed by atoms with E-state index in [1.54, 1.807) is 0 Å². The van der Waals surface area contributed by atoms with Gasteiger partial charge in [-0.3, -0.25) is 0 Å². The van der Waals surface area contributed by atoms with Crippen LogP contribution in [0.5, 0.6) is 0 Å². The monoisotopic (exact) mass is 698 g/mol. The number of rotatable bonds is 3. The molecule has 2 aliphatic carbocycles. The van der Waals surface area contributed by atoms with Crippen molar-refractivity contribution in [3.05, 3.63) is 113 Å². The van der Waals surface area contributed by atoms with Gasteiger partial charge in [-0.15, -0.1) is 0 Å². The highest BCUT2D eigenvalue weighted by Crippen LogP contribution is 2.64. The second kappa shape index (κ2) is 7.82. The van der Waals surface area contributed by atoms with E-state index in [4.69, 9.17) is 0 Å². The summed E-state index contributed by atoms with van der Waals surface area (Å²) in [7, 11) is 0. The summed E-state index contributed by atoms with van der Waals surface area (Å²) in [4.78, 5) is 27.2. The highest BCUT2D eigenvalue weighted by Gasteiger charge is 2.63. The van der Waals surface area contributed by atoms with E-state index in [0.717, 1.165) is 75.0 Å². The van der Waals surface area contributed by atoms with Gasteiger partial charge in [-0.2, -0.15) is 0 Å². The fourth-order valence-corrected chi connectivity index (χ4v) is 7.33. The van der Waals surface area contributed by atoms with E-state index in [1.807, 2.05) is 72.8 Å². The Kier molecular flexibility index (Phi) is 5.20. The molecule has 0 bridgehead atoms. The maximum absolute atomic E-state index is 13.6. The summed E-state index contributed by atoms with van der Waals surface area (Å²) in [5.41, 5.74) is 4.55. The molecular formula is C28H14Br4O2. The predicted octanol–water partition coefficient (Wildman–Crippen LogP) is 8.37. The Bertz CT molecular complexity index is 1340. The van der Waals surface area contributed by atoms with Gasteiger partial charge in [0.2, 0.25) is 0 Å². The van der Waals surface area contributed by atoms with Crippen molar-refractivity contribution >= 4 is 76.3 Å². The Morgan fingerprint density at radius 2 is 0.676 bits per heavy atom. The number of hydrogen-bond acceptors (Lipinski definition) is 2. The Balaban J connectivity index is 1.87. The molecule has 34 heavy (non-hydrogen) atoms. The number of carbonyl (C=O) groups excluding carboxylic acids is 2. The van der Waals surface area contributed by atoms with Crippen LogP contribution in [0.1, 0.15) is 22.3 Å². The zero-order valence-electron chi connectivity index (χ0n) is 17.4. The quantitative estimate of drug-likeness (QED) is 0.201. The minimum atomic E-state index is -1.27. The van der Waals surface area contributed by atoms with Gasteiger partial charge in [-0.1, -0.05) is 88.0 Å². The highest BCUT2D eigenvalue weighted by molar-refractivity contribution is 9.11. The first-order valence-corrected chi connectivity index (χ1v) is 13.7. The minimum Gasteiger partial charge on any atom is -0.302 e. The molecule has 0 fully saturated rings. The predicted molar refractivity (Wildman–Crippen MR) is 148 cm³/mol. The zero-order valence-corrected chi connectivity index (χ0v) is 23.8. The molecule has 6 rings (SSSR count). The molecule has 0 amide bonds. The van der Waals surface area contributed by atoms with Crippen LogP contribution in [0.25, 0.3) is 22.3 Å². The lowest BCUT2D eigenvalue weighted by Gasteiger charge is -2.42. The standard InChI is InChI=1S/C28H14Br4O2/c29-15-1-5-19-20-6-2-16(30)10-24(20)27(13-33,23(19)9-15)28(14-34)25-11-17(31)3-7-21(25)22-8-4-18(32)12-26(22)28/h1-14H. The first-order valence-electron chi connectivity index (χ1n) is 10.5. The summed E-state index contributed by atoms with van der Waals surface area (Å²) in [6.07, 6.45) is 1.96. The largest absolute Gasteiger partial charge is 0.302 e. The SMILES string of the molecule is O=CC1(C2(C=O)c3cc(Br)ccc3-c3ccc(Br)cc32)c2cc(Br)ccc2-c2ccc(Br)cc21. The van der Waals surface area contributed by atoms with Gasteiger partial charge in [-0.25, -0.2) is 0 Å². The molecule has 4 aromatic carbocycles. The molecule has 166 valence electrons. The van der Waals surface area contributed by atoms with E-state index in [-0.39, 0.29) is 0 Å². The number of carbonyl (C=O) groups is 2. The van der Waals surface area contributed by atoms with Gasteiger partial charge in [0.15, 0.2) is 0 Å². The minimum absolute atomic E-state index is 0.816. The van der Waals surface area contributed by atoms with Crippen molar-refractivity contribution in [1.82, 2.24) is 0 Å². The maximum atomic E-state index is 13.6. The van der Waals surface area contributed by atoms with Gasteiger partial charge in [0, 0.05) is 17.9 Å². The van der Waals surface area contributed by atoms with Gasteiger partial charge in [0.1, 0.15) is 12.6 Å². The number of aldehydes is 2. The molecule has 4 aromatic rings. The van der Waals surface area contributed by atoms with Crippen molar-refractivity contribution in [2.75, 3.05) is 0 Å². The van der Waals surface area contributed by atoms with Crippen molar-refractivity contribution < 1.29 is 9.59 Å². The molecule has 0 radical (unpaired) electrons. The van der Waals surface area contributed by atoms with Crippen molar-refractivity contribution in [2.45, 2.75) is 10.8 Å². The van der Waals surface area contributed by atoms with E-state index < -0.39 is 10.8 Å². The fourth-order valence-electron chi connectivity index (χ4n) is 5.89. The van der Waals surface area contributed by atoms with Crippen LogP contribution in [0.15, 0.2) is 90.7 Å². The summed E-state index contributed by atoms with van der Waals surface area (Å²) in [5, 5.41) is 0. The van der Waals surface area contributed by atoms with Crippen LogP contribution < -0.4 is 0 Å². The van der Waals surface area contributed by atoms with Crippen molar-refractivity contribution in [2.24, 2.45) is 0 Å². The molecular weight excluding hydrogens is 688 g/mol. The van der Waals surface area contributed by atoms with Crippen molar-refractivity contribution in [3.63, 3.8) is 0 Å². The number of benzene rings is 4. The number of hydrogen-bond donors (Lipinski definition) is 0. The second-order valence-electron chi connectivity index (χ2n) is 8.61. The van der Waals surface area contributed by atoms with Crippen LogP contribution >= 0.6 is 63.7 Å². The Hall–Kier alpha value is -1.86. The molecule has 2 nitrogen and oxygen atoms in total. The summed E-state index contributed by atoms with van der Waals surface area (Å²) in [6, 6.07) is 23.9. The third kappa shape index (κ3) is 2.71. The Morgan fingerprint density at radius 1 is 0.441 bits per heavy atom. The van der Waals surface area contributed by atoms with Gasteiger partial charge >= 0.3 is 0 Å².